The van der Waals surface area contributed by atoms with Crippen molar-refractivity contribution in [1.29, 1.82) is 0 Å². The molecule has 4 N–H and O–H groups in total. The highest BCUT2D eigenvalue weighted by Gasteiger charge is 2.14. The summed E-state index contributed by atoms with van der Waals surface area (Å²) < 4.78 is 0. The lowest BCUT2D eigenvalue weighted by Gasteiger charge is -2.14. The Hall–Kier alpha value is -1.39. The van der Waals surface area contributed by atoms with E-state index in [1.54, 1.807) is 0 Å². The first kappa shape index (κ1) is 14.7. The Morgan fingerprint density at radius 1 is 1.39 bits per heavy atom. The number of amides is 1. The number of benzene rings is 1. The van der Waals surface area contributed by atoms with Crippen molar-refractivity contribution in [1.82, 2.24) is 5.32 Å². The van der Waals surface area contributed by atoms with Gasteiger partial charge in [-0.05, 0) is 18.4 Å². The second-order valence-corrected chi connectivity index (χ2v) is 4.48. The molecule has 4 heteroatoms. The molecule has 1 aromatic rings. The lowest BCUT2D eigenvalue weighted by Crippen LogP contribution is -2.44. The van der Waals surface area contributed by atoms with Crippen LogP contribution < -0.4 is 11.1 Å². The normalized spacial score (nSPS) is 13.9. The molecule has 0 saturated carbocycles. The van der Waals surface area contributed by atoms with Crippen LogP contribution in [-0.4, -0.2) is 29.7 Å². The quantitative estimate of drug-likeness (QED) is 0.671. The van der Waals surface area contributed by atoms with Crippen LogP contribution in [0.4, 0.5) is 0 Å². The van der Waals surface area contributed by atoms with Crippen molar-refractivity contribution in [2.24, 2.45) is 5.73 Å². The molecule has 4 nitrogen and oxygen atoms in total. The molecule has 18 heavy (non-hydrogen) atoms. The largest absolute Gasteiger partial charge is 0.391 e. The maximum Gasteiger partial charge on any atom is 0.237 e. The maximum absolute atomic E-state index is 11.7. The van der Waals surface area contributed by atoms with Crippen molar-refractivity contribution in [2.45, 2.75) is 38.3 Å². The maximum atomic E-state index is 11.7. The third-order valence-corrected chi connectivity index (χ3v) is 2.77. The van der Waals surface area contributed by atoms with E-state index >= 15 is 0 Å². The average molecular weight is 250 g/mol. The summed E-state index contributed by atoms with van der Waals surface area (Å²) in [7, 11) is 0. The van der Waals surface area contributed by atoms with Crippen LogP contribution in [0.5, 0.6) is 0 Å². The van der Waals surface area contributed by atoms with Crippen molar-refractivity contribution < 1.29 is 9.90 Å². The molecule has 0 radical (unpaired) electrons. The van der Waals surface area contributed by atoms with Crippen LogP contribution in [0.3, 0.4) is 0 Å². The summed E-state index contributed by atoms with van der Waals surface area (Å²) in [5.74, 6) is -0.214. The number of carbonyl (C=O) groups excluding carboxylic acids is 1. The Labute approximate surface area is 108 Å². The zero-order valence-electron chi connectivity index (χ0n) is 10.8. The van der Waals surface area contributed by atoms with E-state index in [-0.39, 0.29) is 12.5 Å². The minimum absolute atomic E-state index is 0.214. The lowest BCUT2D eigenvalue weighted by atomic mass is 10.1. The molecule has 0 heterocycles. The second kappa shape index (κ2) is 7.84. The van der Waals surface area contributed by atoms with Gasteiger partial charge in [-0.1, -0.05) is 43.7 Å². The van der Waals surface area contributed by atoms with E-state index in [4.69, 9.17) is 5.73 Å². The molecule has 1 unspecified atom stereocenters. The zero-order valence-corrected chi connectivity index (χ0v) is 10.8. The molecule has 1 aromatic carbocycles. The number of carbonyl (C=O) groups is 1. The van der Waals surface area contributed by atoms with Crippen molar-refractivity contribution in [3.05, 3.63) is 35.9 Å². The topological polar surface area (TPSA) is 75.3 Å². The molecule has 0 aromatic heterocycles. The third kappa shape index (κ3) is 5.29. The summed E-state index contributed by atoms with van der Waals surface area (Å²) >= 11 is 0. The van der Waals surface area contributed by atoms with Gasteiger partial charge >= 0.3 is 0 Å². The fraction of sp³-hybridized carbons (Fsp3) is 0.500. The van der Waals surface area contributed by atoms with Crippen LogP contribution in [0.1, 0.15) is 25.3 Å². The van der Waals surface area contributed by atoms with Crippen molar-refractivity contribution >= 4 is 5.91 Å². The summed E-state index contributed by atoms with van der Waals surface area (Å²) in [4.78, 5) is 11.7. The summed E-state index contributed by atoms with van der Waals surface area (Å²) in [5.41, 5.74) is 6.85. The Morgan fingerprint density at radius 2 is 2.06 bits per heavy atom. The second-order valence-electron chi connectivity index (χ2n) is 4.48. The molecule has 0 aliphatic carbocycles. The highest BCUT2D eigenvalue weighted by atomic mass is 16.3. The molecule has 0 aliphatic rings. The molecule has 0 aliphatic heterocycles. The minimum atomic E-state index is -0.568. The van der Waals surface area contributed by atoms with Gasteiger partial charge in [-0.25, -0.2) is 0 Å². The molecule has 2 atom stereocenters. The molecule has 0 spiro atoms. The number of hydrogen-bond donors (Lipinski definition) is 3. The van der Waals surface area contributed by atoms with Crippen LogP contribution in [-0.2, 0) is 11.2 Å². The predicted octanol–water partition coefficient (Wildman–Crippen LogP) is 0.834. The molecule has 0 fully saturated rings. The van der Waals surface area contributed by atoms with Crippen molar-refractivity contribution in [3.8, 4) is 0 Å². The van der Waals surface area contributed by atoms with Gasteiger partial charge < -0.3 is 16.2 Å². The van der Waals surface area contributed by atoms with E-state index in [9.17, 15) is 9.90 Å². The molecule has 100 valence electrons. The smallest absolute Gasteiger partial charge is 0.237 e. The number of rotatable bonds is 7. The fourth-order valence-corrected chi connectivity index (χ4v) is 1.75. The highest BCUT2D eigenvalue weighted by Crippen LogP contribution is 2.02. The Kier molecular flexibility index (Phi) is 6.39. The standard InChI is InChI=1S/C14H22N2O2/c1-2-6-12(17)10-16-14(18)13(15)9-11-7-4-3-5-8-11/h3-5,7-8,12-13,17H,2,6,9-10,15H2,1H3,(H,16,18)/t12?,13-/m0/s1. The van der Waals surface area contributed by atoms with Gasteiger partial charge in [-0.2, -0.15) is 0 Å². The van der Waals surface area contributed by atoms with Crippen molar-refractivity contribution in [2.75, 3.05) is 6.54 Å². The Morgan fingerprint density at radius 3 is 2.67 bits per heavy atom. The average Bonchev–Trinajstić information content (AvgIpc) is 2.37. The Balaban J connectivity index is 2.33. The van der Waals surface area contributed by atoms with Gasteiger partial charge in [-0.15, -0.1) is 0 Å². The van der Waals surface area contributed by atoms with Gasteiger partial charge in [0.15, 0.2) is 0 Å². The monoisotopic (exact) mass is 250 g/mol. The van der Waals surface area contributed by atoms with E-state index in [1.165, 1.54) is 0 Å². The zero-order chi connectivity index (χ0) is 13.4. The van der Waals surface area contributed by atoms with Crippen LogP contribution in [0.2, 0.25) is 0 Å². The van der Waals surface area contributed by atoms with Gasteiger partial charge in [0.2, 0.25) is 5.91 Å². The summed E-state index contributed by atoms with van der Waals surface area (Å²) in [6, 6.07) is 9.09. The van der Waals surface area contributed by atoms with Gasteiger partial charge in [-0.3, -0.25) is 4.79 Å². The van der Waals surface area contributed by atoms with E-state index in [1.807, 2.05) is 37.3 Å². The molecular weight excluding hydrogens is 228 g/mol. The van der Waals surface area contributed by atoms with Crippen LogP contribution in [0.25, 0.3) is 0 Å². The summed E-state index contributed by atoms with van der Waals surface area (Å²) in [6.45, 7) is 2.27. The first-order chi connectivity index (χ1) is 8.63. The van der Waals surface area contributed by atoms with E-state index in [0.29, 0.717) is 12.8 Å². The van der Waals surface area contributed by atoms with E-state index in [0.717, 1.165) is 12.0 Å². The number of nitrogens with two attached hydrogens (primary N) is 1. The van der Waals surface area contributed by atoms with Gasteiger partial charge in [0.05, 0.1) is 12.1 Å². The molecule has 0 bridgehead atoms. The SMILES string of the molecule is CCCC(O)CNC(=O)[C@@H](N)Cc1ccccc1. The Bertz CT molecular complexity index is 354. The number of nitrogens with one attached hydrogen (secondary N) is 1. The predicted molar refractivity (Wildman–Crippen MR) is 72.0 cm³/mol. The van der Waals surface area contributed by atoms with Gasteiger partial charge in [0.1, 0.15) is 0 Å². The molecular formula is C14H22N2O2. The minimum Gasteiger partial charge on any atom is -0.391 e. The van der Waals surface area contributed by atoms with Crippen molar-refractivity contribution in [3.63, 3.8) is 0 Å². The number of aliphatic hydroxyl groups excluding tert-OH is 1. The summed E-state index contributed by atoms with van der Waals surface area (Å²) in [6.07, 6.45) is 1.61. The van der Waals surface area contributed by atoms with Gasteiger partial charge in [0.25, 0.3) is 0 Å². The third-order valence-electron chi connectivity index (χ3n) is 2.77. The number of aliphatic hydroxyl groups is 1. The first-order valence-electron chi connectivity index (χ1n) is 6.38. The lowest BCUT2D eigenvalue weighted by molar-refractivity contribution is -0.122. The molecule has 1 amide bonds. The van der Waals surface area contributed by atoms with Crippen LogP contribution in [0.15, 0.2) is 30.3 Å². The fourth-order valence-electron chi connectivity index (χ4n) is 1.75. The number of hydrogen-bond acceptors (Lipinski definition) is 3. The highest BCUT2D eigenvalue weighted by molar-refractivity contribution is 5.81. The molecule has 0 saturated heterocycles. The van der Waals surface area contributed by atoms with E-state index in [2.05, 4.69) is 5.32 Å². The van der Waals surface area contributed by atoms with E-state index < -0.39 is 12.1 Å². The van der Waals surface area contributed by atoms with Crippen LogP contribution >= 0.6 is 0 Å². The summed E-state index contributed by atoms with van der Waals surface area (Å²) in [5, 5.41) is 12.2. The first-order valence-corrected chi connectivity index (χ1v) is 6.38. The van der Waals surface area contributed by atoms with Gasteiger partial charge in [0, 0.05) is 6.54 Å². The van der Waals surface area contributed by atoms with Crippen LogP contribution in [0, 0.1) is 0 Å². The molecule has 1 rings (SSSR count).